The molecule has 1 rings (SSSR count). The predicted molar refractivity (Wildman–Crippen MR) is 56.1 cm³/mol. The van der Waals surface area contributed by atoms with Crippen molar-refractivity contribution in [2.75, 3.05) is 6.54 Å². The van der Waals surface area contributed by atoms with E-state index in [4.69, 9.17) is 0 Å². The van der Waals surface area contributed by atoms with E-state index in [1.54, 1.807) is 0 Å². The summed E-state index contributed by atoms with van der Waals surface area (Å²) in [5.74, 6) is -0.761. The molecule has 1 N–H and O–H groups in total. The average Bonchev–Trinajstić information content (AvgIpc) is 2.25. The first-order valence-electron chi connectivity index (χ1n) is 4.33. The molecular formula is C10H10NO3S-. The second-order valence-electron chi connectivity index (χ2n) is 2.79. The summed E-state index contributed by atoms with van der Waals surface area (Å²) >= 11 is 1.03. The number of hydrogen-bond donors (Lipinski definition) is 1. The van der Waals surface area contributed by atoms with Crippen molar-refractivity contribution >= 4 is 23.0 Å². The number of carbonyl (C=O) groups excluding carboxylic acids is 2. The summed E-state index contributed by atoms with van der Waals surface area (Å²) in [5.41, 5.74) is 1.02. The Morgan fingerprint density at radius 2 is 1.93 bits per heavy atom. The minimum Gasteiger partial charge on any atom is -0.548 e. The molecule has 0 aromatic heterocycles. The van der Waals surface area contributed by atoms with Crippen molar-refractivity contribution < 1.29 is 14.7 Å². The van der Waals surface area contributed by atoms with Gasteiger partial charge in [-0.05, 0) is 5.56 Å². The van der Waals surface area contributed by atoms with Crippen LogP contribution < -0.4 is 10.4 Å². The van der Waals surface area contributed by atoms with Crippen LogP contribution in [0.3, 0.4) is 0 Å². The summed E-state index contributed by atoms with van der Waals surface area (Å²) in [6.07, 6.45) is 0. The molecule has 0 heterocycles. The molecule has 0 spiro atoms. The van der Waals surface area contributed by atoms with Crippen LogP contribution in [0.1, 0.15) is 5.56 Å². The standard InChI is InChI=1S/C10H11NO3S/c12-9(13)6-11-10(14)15-7-8-4-2-1-3-5-8/h1-5H,6-7H2,(H,11,14)(H,12,13)/p-1. The number of nitrogens with one attached hydrogen (secondary N) is 1. The van der Waals surface area contributed by atoms with E-state index in [-0.39, 0.29) is 5.24 Å². The third-order valence-electron chi connectivity index (χ3n) is 1.59. The quantitative estimate of drug-likeness (QED) is 0.802. The number of carbonyl (C=O) groups is 2. The van der Waals surface area contributed by atoms with Gasteiger partial charge in [0, 0.05) is 5.75 Å². The third kappa shape index (κ3) is 5.07. The maximum atomic E-state index is 11.1. The fourth-order valence-corrected chi connectivity index (χ4v) is 1.58. The van der Waals surface area contributed by atoms with Gasteiger partial charge >= 0.3 is 0 Å². The van der Waals surface area contributed by atoms with Crippen molar-refractivity contribution in [3.63, 3.8) is 0 Å². The zero-order valence-electron chi connectivity index (χ0n) is 7.93. The number of carboxylic acids is 1. The van der Waals surface area contributed by atoms with Crippen molar-refractivity contribution in [2.45, 2.75) is 5.75 Å². The number of benzene rings is 1. The van der Waals surface area contributed by atoms with Crippen LogP contribution in [-0.2, 0) is 10.5 Å². The van der Waals surface area contributed by atoms with Gasteiger partial charge in [0.15, 0.2) is 0 Å². The van der Waals surface area contributed by atoms with Gasteiger partial charge in [0.25, 0.3) is 5.24 Å². The van der Waals surface area contributed by atoms with Crippen LogP contribution in [0.25, 0.3) is 0 Å². The summed E-state index contributed by atoms with van der Waals surface area (Å²) in [5, 5.41) is 11.9. The van der Waals surface area contributed by atoms with Crippen molar-refractivity contribution in [3.8, 4) is 0 Å². The van der Waals surface area contributed by atoms with Crippen LogP contribution in [0, 0.1) is 0 Å². The van der Waals surface area contributed by atoms with E-state index in [2.05, 4.69) is 5.32 Å². The molecule has 0 saturated heterocycles. The number of rotatable bonds is 4. The van der Waals surface area contributed by atoms with Crippen molar-refractivity contribution in [1.29, 1.82) is 0 Å². The molecule has 0 aliphatic heterocycles. The molecule has 0 fully saturated rings. The zero-order valence-corrected chi connectivity index (χ0v) is 8.75. The molecular weight excluding hydrogens is 214 g/mol. The van der Waals surface area contributed by atoms with Gasteiger partial charge in [-0.3, -0.25) is 4.79 Å². The predicted octanol–water partition coefficient (Wildman–Crippen LogP) is 0.379. The van der Waals surface area contributed by atoms with Crippen molar-refractivity contribution in [1.82, 2.24) is 5.32 Å². The van der Waals surface area contributed by atoms with Crippen LogP contribution in [0.2, 0.25) is 0 Å². The molecule has 1 aromatic carbocycles. The molecule has 4 nitrogen and oxygen atoms in total. The summed E-state index contributed by atoms with van der Waals surface area (Å²) < 4.78 is 0. The Labute approximate surface area is 91.7 Å². The van der Waals surface area contributed by atoms with Crippen LogP contribution in [0.5, 0.6) is 0 Å². The molecule has 80 valence electrons. The van der Waals surface area contributed by atoms with Gasteiger partial charge in [0.2, 0.25) is 0 Å². The van der Waals surface area contributed by atoms with Crippen LogP contribution >= 0.6 is 11.8 Å². The van der Waals surface area contributed by atoms with Crippen LogP contribution in [0.15, 0.2) is 30.3 Å². The lowest BCUT2D eigenvalue weighted by Crippen LogP contribution is -2.36. The van der Waals surface area contributed by atoms with Gasteiger partial charge in [-0.2, -0.15) is 0 Å². The number of thioether (sulfide) groups is 1. The molecule has 15 heavy (non-hydrogen) atoms. The number of carboxylic acid groups (broad SMARTS) is 1. The number of aliphatic carboxylic acids is 1. The minimum absolute atomic E-state index is 0.358. The normalized spacial score (nSPS) is 9.60. The lowest BCUT2D eigenvalue weighted by Gasteiger charge is -2.04. The molecule has 0 saturated carbocycles. The third-order valence-corrected chi connectivity index (χ3v) is 2.47. The molecule has 0 aliphatic rings. The lowest BCUT2D eigenvalue weighted by molar-refractivity contribution is -0.303. The fraction of sp³-hybridized carbons (Fsp3) is 0.200. The first-order chi connectivity index (χ1) is 7.18. The van der Waals surface area contributed by atoms with E-state index in [1.165, 1.54) is 0 Å². The topological polar surface area (TPSA) is 69.2 Å². The Hall–Kier alpha value is -1.49. The van der Waals surface area contributed by atoms with Gasteiger partial charge in [-0.15, -0.1) is 0 Å². The molecule has 0 aliphatic carbocycles. The summed E-state index contributed by atoms with van der Waals surface area (Å²) in [6.45, 7) is -0.444. The highest BCUT2D eigenvalue weighted by Crippen LogP contribution is 2.11. The summed E-state index contributed by atoms with van der Waals surface area (Å²) in [4.78, 5) is 21.1. The Morgan fingerprint density at radius 1 is 1.27 bits per heavy atom. The maximum Gasteiger partial charge on any atom is 0.279 e. The highest BCUT2D eigenvalue weighted by molar-refractivity contribution is 8.12. The Bertz CT molecular complexity index is 340. The maximum absolute atomic E-state index is 11.1. The summed E-state index contributed by atoms with van der Waals surface area (Å²) in [6, 6.07) is 9.46. The highest BCUT2D eigenvalue weighted by Gasteiger charge is 2.01. The SMILES string of the molecule is O=C([O-])CNC(=O)SCc1ccccc1. The second-order valence-corrected chi connectivity index (χ2v) is 3.74. The molecule has 0 unspecified atom stereocenters. The minimum atomic E-state index is -1.29. The molecule has 0 radical (unpaired) electrons. The highest BCUT2D eigenvalue weighted by atomic mass is 32.2. The number of hydrogen-bond acceptors (Lipinski definition) is 4. The average molecular weight is 224 g/mol. The van der Waals surface area contributed by atoms with E-state index in [1.807, 2.05) is 30.3 Å². The Morgan fingerprint density at radius 3 is 2.53 bits per heavy atom. The molecule has 0 bridgehead atoms. The van der Waals surface area contributed by atoms with E-state index in [0.717, 1.165) is 17.3 Å². The summed E-state index contributed by atoms with van der Waals surface area (Å²) in [7, 11) is 0. The number of amides is 1. The monoisotopic (exact) mass is 224 g/mol. The van der Waals surface area contributed by atoms with Crippen molar-refractivity contribution in [3.05, 3.63) is 35.9 Å². The smallest absolute Gasteiger partial charge is 0.279 e. The fourth-order valence-electron chi connectivity index (χ4n) is 0.918. The van der Waals surface area contributed by atoms with Crippen LogP contribution in [-0.4, -0.2) is 17.8 Å². The first-order valence-corrected chi connectivity index (χ1v) is 5.31. The van der Waals surface area contributed by atoms with Gasteiger partial charge in [-0.1, -0.05) is 42.1 Å². The van der Waals surface area contributed by atoms with Gasteiger partial charge in [0.1, 0.15) is 0 Å². The van der Waals surface area contributed by atoms with E-state index >= 15 is 0 Å². The van der Waals surface area contributed by atoms with E-state index in [0.29, 0.717) is 5.75 Å². The lowest BCUT2D eigenvalue weighted by atomic mass is 10.2. The second kappa shape index (κ2) is 6.08. The molecule has 1 aromatic rings. The van der Waals surface area contributed by atoms with E-state index in [9.17, 15) is 14.7 Å². The Kier molecular flexibility index (Phi) is 4.70. The van der Waals surface area contributed by atoms with Crippen molar-refractivity contribution in [2.24, 2.45) is 0 Å². The molecule has 5 heteroatoms. The molecule has 1 amide bonds. The largest absolute Gasteiger partial charge is 0.548 e. The van der Waals surface area contributed by atoms with E-state index < -0.39 is 12.5 Å². The Balaban J connectivity index is 2.26. The van der Waals surface area contributed by atoms with Gasteiger partial charge < -0.3 is 15.2 Å². The van der Waals surface area contributed by atoms with Crippen LogP contribution in [0.4, 0.5) is 4.79 Å². The van der Waals surface area contributed by atoms with Gasteiger partial charge in [0.05, 0.1) is 12.5 Å². The zero-order chi connectivity index (χ0) is 11.1. The first kappa shape index (κ1) is 11.6. The van der Waals surface area contributed by atoms with Gasteiger partial charge in [-0.25, -0.2) is 0 Å². The molecule has 0 atom stereocenters.